The molecular weight excluding hydrogens is 270 g/mol. The van der Waals surface area contributed by atoms with Crippen LogP contribution >= 0.6 is 0 Å². The molecular formula is C14H21N3O2Si. The predicted molar refractivity (Wildman–Crippen MR) is 81.8 cm³/mol. The van der Waals surface area contributed by atoms with Crippen molar-refractivity contribution >= 4 is 25.5 Å². The van der Waals surface area contributed by atoms with Gasteiger partial charge in [-0.1, -0.05) is 19.6 Å². The third-order valence-corrected chi connectivity index (χ3v) is 4.85. The van der Waals surface area contributed by atoms with Crippen LogP contribution in [0.2, 0.25) is 25.7 Å². The fourth-order valence-electron chi connectivity index (χ4n) is 1.89. The van der Waals surface area contributed by atoms with Gasteiger partial charge in [-0.15, -0.1) is 0 Å². The van der Waals surface area contributed by atoms with Gasteiger partial charge < -0.3 is 4.74 Å². The Kier molecular flexibility index (Phi) is 4.34. The minimum absolute atomic E-state index is 0.459. The minimum Gasteiger partial charge on any atom is -0.361 e. The Hall–Kier alpha value is -1.53. The molecule has 0 aliphatic carbocycles. The summed E-state index contributed by atoms with van der Waals surface area (Å²) in [7, 11) is -1.06. The monoisotopic (exact) mass is 291 g/mol. The quantitative estimate of drug-likeness (QED) is 0.466. The lowest BCUT2D eigenvalue weighted by atomic mass is 10.3. The number of aromatic nitrogens is 3. The molecule has 5 nitrogen and oxygen atoms in total. The zero-order chi connectivity index (χ0) is 14.8. The van der Waals surface area contributed by atoms with Crippen LogP contribution in [0.4, 0.5) is 0 Å². The fourth-order valence-corrected chi connectivity index (χ4v) is 2.65. The van der Waals surface area contributed by atoms with Crippen molar-refractivity contribution < 1.29 is 9.53 Å². The number of pyridine rings is 1. The Morgan fingerprint density at radius 2 is 2.15 bits per heavy atom. The first-order chi connectivity index (χ1) is 9.40. The van der Waals surface area contributed by atoms with Gasteiger partial charge in [0.15, 0.2) is 11.9 Å². The summed E-state index contributed by atoms with van der Waals surface area (Å²) in [6.07, 6.45) is 2.35. The Morgan fingerprint density at radius 1 is 1.40 bits per heavy atom. The van der Waals surface area contributed by atoms with Crippen LogP contribution in [0.3, 0.4) is 0 Å². The van der Waals surface area contributed by atoms with Crippen LogP contribution in [-0.4, -0.2) is 35.5 Å². The summed E-state index contributed by atoms with van der Waals surface area (Å²) < 4.78 is 7.69. The highest BCUT2D eigenvalue weighted by atomic mass is 28.3. The van der Waals surface area contributed by atoms with E-state index in [4.69, 9.17) is 4.74 Å². The maximum Gasteiger partial charge on any atom is 0.161 e. The van der Waals surface area contributed by atoms with E-state index in [1.165, 1.54) is 0 Å². The van der Waals surface area contributed by atoms with Gasteiger partial charge in [-0.25, -0.2) is 9.97 Å². The predicted octanol–water partition coefficient (Wildman–Crippen LogP) is 2.86. The van der Waals surface area contributed by atoms with Gasteiger partial charge in [-0.05, 0) is 19.0 Å². The molecule has 0 atom stereocenters. The molecule has 0 spiro atoms. The van der Waals surface area contributed by atoms with Crippen molar-refractivity contribution in [2.75, 3.05) is 6.61 Å². The van der Waals surface area contributed by atoms with Gasteiger partial charge in [0.25, 0.3) is 0 Å². The lowest BCUT2D eigenvalue weighted by molar-refractivity contribution is 0.0881. The number of rotatable bonds is 6. The summed E-state index contributed by atoms with van der Waals surface area (Å²) >= 11 is 0. The topological polar surface area (TPSA) is 57.0 Å². The van der Waals surface area contributed by atoms with Crippen molar-refractivity contribution in [2.45, 2.75) is 39.3 Å². The molecule has 0 bridgehead atoms. The average Bonchev–Trinajstić information content (AvgIpc) is 2.68. The molecule has 2 rings (SSSR count). The van der Waals surface area contributed by atoms with Gasteiger partial charge in [0, 0.05) is 26.4 Å². The number of aryl methyl sites for hydroxylation is 1. The maximum absolute atomic E-state index is 10.8. The number of hydrogen-bond acceptors (Lipinski definition) is 4. The molecule has 0 aromatic carbocycles. The van der Waals surface area contributed by atoms with Gasteiger partial charge in [0.05, 0.1) is 0 Å². The van der Waals surface area contributed by atoms with Gasteiger partial charge in [0.1, 0.15) is 18.1 Å². The number of carbonyl (C=O) groups excluding carboxylic acids is 1. The zero-order valence-electron chi connectivity index (χ0n) is 12.5. The molecule has 0 saturated heterocycles. The first-order valence-electron chi connectivity index (χ1n) is 6.76. The number of ether oxygens (including phenoxy) is 1. The molecule has 6 heteroatoms. The summed E-state index contributed by atoms with van der Waals surface area (Å²) in [6.45, 7) is 10.1. The Bertz CT molecular complexity index is 617. The molecule has 0 N–H and O–H groups in total. The smallest absolute Gasteiger partial charge is 0.161 e. The van der Waals surface area contributed by atoms with Gasteiger partial charge in [-0.2, -0.15) is 0 Å². The number of imidazole rings is 1. The van der Waals surface area contributed by atoms with E-state index in [2.05, 4.69) is 29.6 Å². The van der Waals surface area contributed by atoms with Gasteiger partial charge in [-0.3, -0.25) is 9.36 Å². The Labute approximate surface area is 120 Å². The first kappa shape index (κ1) is 14.9. The van der Waals surface area contributed by atoms with Crippen molar-refractivity contribution in [3.8, 4) is 0 Å². The molecule has 0 amide bonds. The van der Waals surface area contributed by atoms with Crippen LogP contribution in [0.5, 0.6) is 0 Å². The van der Waals surface area contributed by atoms with E-state index < -0.39 is 8.07 Å². The molecule has 0 aliphatic rings. The minimum atomic E-state index is -1.06. The Morgan fingerprint density at radius 3 is 2.80 bits per heavy atom. The highest BCUT2D eigenvalue weighted by Crippen LogP contribution is 2.15. The van der Waals surface area contributed by atoms with Crippen molar-refractivity contribution in [3.05, 3.63) is 23.7 Å². The van der Waals surface area contributed by atoms with Crippen molar-refractivity contribution in [3.63, 3.8) is 0 Å². The second kappa shape index (κ2) is 5.84. The van der Waals surface area contributed by atoms with Crippen LogP contribution < -0.4 is 0 Å². The fraction of sp³-hybridized carbons (Fsp3) is 0.500. The van der Waals surface area contributed by atoms with Gasteiger partial charge >= 0.3 is 0 Å². The third kappa shape index (κ3) is 3.52. The van der Waals surface area contributed by atoms with Gasteiger partial charge in [0.2, 0.25) is 0 Å². The molecule has 108 valence electrons. The van der Waals surface area contributed by atoms with E-state index in [1.54, 1.807) is 12.3 Å². The summed E-state index contributed by atoms with van der Waals surface area (Å²) in [5, 5.41) is 0. The zero-order valence-corrected chi connectivity index (χ0v) is 13.5. The lowest BCUT2D eigenvalue weighted by Crippen LogP contribution is -2.22. The van der Waals surface area contributed by atoms with Crippen LogP contribution in [0.15, 0.2) is 12.3 Å². The highest BCUT2D eigenvalue weighted by Gasteiger charge is 2.13. The van der Waals surface area contributed by atoms with E-state index >= 15 is 0 Å². The largest absolute Gasteiger partial charge is 0.361 e. The maximum atomic E-state index is 10.8. The molecule has 0 aliphatic heterocycles. The number of carbonyl (C=O) groups is 1. The normalized spacial score (nSPS) is 12.0. The summed E-state index contributed by atoms with van der Waals surface area (Å²) in [6, 6.07) is 2.89. The molecule has 2 heterocycles. The molecule has 0 unspecified atom stereocenters. The second-order valence-corrected chi connectivity index (χ2v) is 11.8. The van der Waals surface area contributed by atoms with E-state index in [1.807, 2.05) is 11.5 Å². The van der Waals surface area contributed by atoms with Crippen LogP contribution in [0.1, 0.15) is 16.2 Å². The summed E-state index contributed by atoms with van der Waals surface area (Å²) in [5.74, 6) is 0.851. The molecule has 0 saturated carbocycles. The van der Waals surface area contributed by atoms with Crippen LogP contribution in [-0.2, 0) is 11.5 Å². The number of aldehydes is 1. The van der Waals surface area contributed by atoms with E-state index in [9.17, 15) is 4.79 Å². The van der Waals surface area contributed by atoms with E-state index in [0.29, 0.717) is 12.3 Å². The molecule has 0 radical (unpaired) electrons. The molecule has 2 aromatic heterocycles. The molecule has 2 aromatic rings. The van der Waals surface area contributed by atoms with Crippen LogP contribution in [0.25, 0.3) is 11.2 Å². The van der Waals surface area contributed by atoms with E-state index in [-0.39, 0.29) is 0 Å². The SMILES string of the molecule is Cc1nc2cc(C=O)cnc2n1COCC[Si](C)(C)C. The van der Waals surface area contributed by atoms with Crippen molar-refractivity contribution in [2.24, 2.45) is 0 Å². The van der Waals surface area contributed by atoms with E-state index in [0.717, 1.165) is 35.9 Å². The number of nitrogens with zero attached hydrogens (tertiary/aromatic N) is 3. The third-order valence-electron chi connectivity index (χ3n) is 3.15. The van der Waals surface area contributed by atoms with Crippen LogP contribution in [0, 0.1) is 6.92 Å². The van der Waals surface area contributed by atoms with Crippen molar-refractivity contribution in [1.82, 2.24) is 14.5 Å². The lowest BCUT2D eigenvalue weighted by Gasteiger charge is -2.15. The highest BCUT2D eigenvalue weighted by molar-refractivity contribution is 6.76. The number of hydrogen-bond donors (Lipinski definition) is 0. The standard InChI is InChI=1S/C14H21N3O2Si/c1-11-16-13-7-12(9-18)8-15-14(13)17(11)10-19-5-6-20(2,3)4/h7-9H,5-6,10H2,1-4H3. The summed E-state index contributed by atoms with van der Waals surface area (Å²) in [5.41, 5.74) is 2.05. The summed E-state index contributed by atoms with van der Waals surface area (Å²) in [4.78, 5) is 19.5. The molecule has 0 fully saturated rings. The van der Waals surface area contributed by atoms with Crippen molar-refractivity contribution in [1.29, 1.82) is 0 Å². The molecule has 20 heavy (non-hydrogen) atoms. The Balaban J connectivity index is 2.10. The number of fused-ring (bicyclic) bond motifs is 1. The average molecular weight is 291 g/mol. The second-order valence-electron chi connectivity index (χ2n) is 6.16. The first-order valence-corrected chi connectivity index (χ1v) is 10.5.